The van der Waals surface area contributed by atoms with E-state index in [-0.39, 0.29) is 17.8 Å². The van der Waals surface area contributed by atoms with Gasteiger partial charge in [0.05, 0.1) is 33.9 Å². The van der Waals surface area contributed by atoms with E-state index in [2.05, 4.69) is 13.5 Å². The third kappa shape index (κ3) is 2.93. The second-order valence-corrected chi connectivity index (χ2v) is 6.90. The maximum atomic E-state index is 12.3. The summed E-state index contributed by atoms with van der Waals surface area (Å²) < 4.78 is 28.0. The molecule has 1 heterocycles. The average molecular weight is 386 g/mol. The normalized spacial score (nSPS) is 25.8. The van der Waals surface area contributed by atoms with Crippen LogP contribution in [0.1, 0.15) is 25.0 Å². The molecule has 0 saturated carbocycles. The fourth-order valence-electron chi connectivity index (χ4n) is 4.08. The highest BCUT2D eigenvalue weighted by Gasteiger charge is 2.53. The summed E-state index contributed by atoms with van der Waals surface area (Å²) in [7, 11) is 6.22. The molecule has 3 atom stereocenters. The van der Waals surface area contributed by atoms with Crippen molar-refractivity contribution in [2.45, 2.75) is 19.4 Å². The molecule has 28 heavy (non-hydrogen) atoms. The smallest absolute Gasteiger partial charge is 0.223 e. The summed E-state index contributed by atoms with van der Waals surface area (Å²) in [5.41, 5.74) is 0.382. The summed E-state index contributed by atoms with van der Waals surface area (Å²) in [5.74, 6) is 2.40. The van der Waals surface area contributed by atoms with Gasteiger partial charge in [0.1, 0.15) is 11.9 Å². The molecule has 1 fully saturated rings. The molecule has 1 aliphatic carbocycles. The summed E-state index contributed by atoms with van der Waals surface area (Å²) in [4.78, 5) is 12.3. The van der Waals surface area contributed by atoms with E-state index in [0.717, 1.165) is 5.56 Å². The monoisotopic (exact) mass is 386 g/mol. The number of allylic oxidation sites excluding steroid dienone is 3. The van der Waals surface area contributed by atoms with Gasteiger partial charge in [0.15, 0.2) is 17.3 Å². The highest BCUT2D eigenvalue weighted by atomic mass is 16.5. The molecule has 2 aliphatic rings. The number of carbonyl (C=O) groups excluding carboxylic acids is 1. The summed E-state index contributed by atoms with van der Waals surface area (Å²) in [6.07, 6.45) is 5.55. The van der Waals surface area contributed by atoms with Gasteiger partial charge < -0.3 is 23.7 Å². The van der Waals surface area contributed by atoms with Gasteiger partial charge in [-0.05, 0) is 24.6 Å². The van der Waals surface area contributed by atoms with Crippen LogP contribution in [0.15, 0.2) is 48.5 Å². The largest absolute Gasteiger partial charge is 0.493 e. The van der Waals surface area contributed by atoms with Gasteiger partial charge >= 0.3 is 0 Å². The van der Waals surface area contributed by atoms with Gasteiger partial charge in [-0.3, -0.25) is 4.79 Å². The number of carbonyl (C=O) groups is 1. The van der Waals surface area contributed by atoms with Crippen molar-refractivity contribution in [3.05, 3.63) is 54.0 Å². The zero-order valence-corrected chi connectivity index (χ0v) is 16.9. The van der Waals surface area contributed by atoms with Crippen molar-refractivity contribution in [3.63, 3.8) is 0 Å². The molecule has 0 unspecified atom stereocenters. The first-order valence-corrected chi connectivity index (χ1v) is 9.06. The molecule has 150 valence electrons. The van der Waals surface area contributed by atoms with Crippen LogP contribution in [-0.2, 0) is 14.3 Å². The molecule has 6 heteroatoms. The lowest BCUT2D eigenvalue weighted by Crippen LogP contribution is -2.29. The first-order valence-electron chi connectivity index (χ1n) is 9.06. The number of rotatable bonds is 7. The van der Waals surface area contributed by atoms with Crippen molar-refractivity contribution < 1.29 is 28.5 Å². The minimum Gasteiger partial charge on any atom is -0.493 e. The number of hydrogen-bond donors (Lipinski definition) is 0. The van der Waals surface area contributed by atoms with Crippen molar-refractivity contribution >= 4 is 5.78 Å². The average Bonchev–Trinajstić information content (AvgIpc) is 2.98. The number of ketones is 1. The Labute approximate surface area is 165 Å². The van der Waals surface area contributed by atoms with E-state index in [1.165, 1.54) is 13.2 Å². The fraction of sp³-hybridized carbons (Fsp3) is 0.409. The molecule has 1 aromatic carbocycles. The van der Waals surface area contributed by atoms with Crippen LogP contribution in [0, 0.1) is 11.3 Å². The van der Waals surface area contributed by atoms with E-state index >= 15 is 0 Å². The quantitative estimate of drug-likeness (QED) is 0.661. The van der Waals surface area contributed by atoms with E-state index < -0.39 is 5.41 Å². The molecular weight excluding hydrogens is 360 g/mol. The molecule has 1 saturated heterocycles. The van der Waals surface area contributed by atoms with E-state index in [9.17, 15) is 4.79 Å². The molecular formula is C22H26O6. The van der Waals surface area contributed by atoms with Gasteiger partial charge in [0.25, 0.3) is 0 Å². The van der Waals surface area contributed by atoms with Crippen molar-refractivity contribution in [2.24, 2.45) is 11.3 Å². The molecule has 0 amide bonds. The maximum absolute atomic E-state index is 12.3. The van der Waals surface area contributed by atoms with Crippen LogP contribution >= 0.6 is 0 Å². The second-order valence-electron chi connectivity index (χ2n) is 6.90. The summed E-state index contributed by atoms with van der Waals surface area (Å²) >= 11 is 0. The lowest BCUT2D eigenvalue weighted by Gasteiger charge is -2.31. The first-order chi connectivity index (χ1) is 13.4. The fourth-order valence-corrected chi connectivity index (χ4v) is 4.08. The zero-order valence-electron chi connectivity index (χ0n) is 16.9. The van der Waals surface area contributed by atoms with Gasteiger partial charge in [-0.25, -0.2) is 0 Å². The lowest BCUT2D eigenvalue weighted by molar-refractivity contribution is -0.114. The highest BCUT2D eigenvalue weighted by molar-refractivity contribution is 6.04. The van der Waals surface area contributed by atoms with E-state index in [4.69, 9.17) is 23.7 Å². The molecule has 0 aromatic heterocycles. The van der Waals surface area contributed by atoms with Gasteiger partial charge in [-0.15, -0.1) is 6.58 Å². The van der Waals surface area contributed by atoms with Gasteiger partial charge in [0.2, 0.25) is 11.5 Å². The van der Waals surface area contributed by atoms with Crippen LogP contribution in [0.3, 0.4) is 0 Å². The summed E-state index contributed by atoms with van der Waals surface area (Å²) in [5, 5.41) is 0. The highest BCUT2D eigenvalue weighted by Crippen LogP contribution is 2.58. The van der Waals surface area contributed by atoms with Crippen LogP contribution in [-0.4, -0.2) is 34.2 Å². The van der Waals surface area contributed by atoms with Crippen molar-refractivity contribution in [3.8, 4) is 17.2 Å². The Hall–Kier alpha value is -2.89. The molecule has 0 radical (unpaired) electrons. The van der Waals surface area contributed by atoms with E-state index in [1.807, 2.05) is 24.3 Å². The number of hydrogen-bond acceptors (Lipinski definition) is 6. The van der Waals surface area contributed by atoms with Gasteiger partial charge in [0, 0.05) is 17.6 Å². The molecule has 6 nitrogen and oxygen atoms in total. The van der Waals surface area contributed by atoms with Crippen LogP contribution in [0.2, 0.25) is 0 Å². The molecule has 0 N–H and O–H groups in total. The van der Waals surface area contributed by atoms with Crippen LogP contribution in [0.5, 0.6) is 17.2 Å². The Balaban J connectivity index is 2.11. The van der Waals surface area contributed by atoms with Gasteiger partial charge in [-0.1, -0.05) is 13.0 Å². The number of ether oxygens (including phenoxy) is 5. The van der Waals surface area contributed by atoms with Gasteiger partial charge in [-0.2, -0.15) is 0 Å². The number of methoxy groups -OCH3 is 4. The van der Waals surface area contributed by atoms with E-state index in [0.29, 0.717) is 35.2 Å². The Morgan fingerprint density at radius 2 is 1.75 bits per heavy atom. The minimum absolute atomic E-state index is 0.0119. The Kier molecular flexibility index (Phi) is 5.40. The van der Waals surface area contributed by atoms with Crippen LogP contribution in [0.4, 0.5) is 0 Å². The molecule has 0 bridgehead atoms. The Morgan fingerprint density at radius 1 is 1.11 bits per heavy atom. The molecule has 1 aromatic rings. The predicted octanol–water partition coefficient (Wildman–Crippen LogP) is 3.98. The van der Waals surface area contributed by atoms with Crippen molar-refractivity contribution in [1.82, 2.24) is 0 Å². The maximum Gasteiger partial charge on any atom is 0.223 e. The molecule has 0 spiro atoms. The Bertz CT molecular complexity index is 828. The van der Waals surface area contributed by atoms with Crippen LogP contribution < -0.4 is 14.2 Å². The predicted molar refractivity (Wildman–Crippen MR) is 105 cm³/mol. The topological polar surface area (TPSA) is 63.2 Å². The SMILES string of the molecule is C=CC[C@]12C=C(OC)C(=O)C=C1O[C@H](c1cc(OC)c(OC)c(OC)c1)[C@H]2C. The minimum atomic E-state index is -0.494. The second kappa shape index (κ2) is 7.62. The van der Waals surface area contributed by atoms with Crippen molar-refractivity contribution in [2.75, 3.05) is 28.4 Å². The molecule has 1 aliphatic heterocycles. The third-order valence-electron chi connectivity index (χ3n) is 5.59. The third-order valence-corrected chi connectivity index (χ3v) is 5.59. The Morgan fingerprint density at radius 3 is 2.25 bits per heavy atom. The number of fused-ring (bicyclic) bond motifs is 1. The standard InChI is InChI=1S/C22H26O6/c1-7-8-22-12-18(26-5)15(23)11-19(22)28-20(13(22)2)14-9-16(24-3)21(27-6)17(10-14)25-4/h7,9-13,20H,1,8H2,2-6H3/t13-,20+,22-/m1/s1. The van der Waals surface area contributed by atoms with E-state index in [1.54, 1.807) is 21.3 Å². The zero-order chi connectivity index (χ0) is 20.5. The number of benzene rings is 1. The van der Waals surface area contributed by atoms with Crippen molar-refractivity contribution in [1.29, 1.82) is 0 Å². The summed E-state index contributed by atoms with van der Waals surface area (Å²) in [6.45, 7) is 5.99. The first kappa shape index (κ1) is 19.9. The summed E-state index contributed by atoms with van der Waals surface area (Å²) in [6, 6.07) is 3.76. The molecule has 3 rings (SSSR count). The van der Waals surface area contributed by atoms with Crippen LogP contribution in [0.25, 0.3) is 0 Å². The lowest BCUT2D eigenvalue weighted by atomic mass is 9.69.